The molecule has 1 atom stereocenters. The predicted octanol–water partition coefficient (Wildman–Crippen LogP) is 3.56. The Kier molecular flexibility index (Phi) is 7.11. The number of halogens is 1. The third-order valence-electron chi connectivity index (χ3n) is 4.68. The summed E-state index contributed by atoms with van der Waals surface area (Å²) in [5.74, 6) is -0.400. The van der Waals surface area contributed by atoms with Gasteiger partial charge in [0.05, 0.1) is 6.10 Å². The first kappa shape index (κ1) is 21.1. The van der Waals surface area contributed by atoms with Gasteiger partial charge >= 0.3 is 0 Å². The summed E-state index contributed by atoms with van der Waals surface area (Å²) in [7, 11) is 3.47. The fraction of sp³-hybridized carbons (Fsp3) is 0.409. The van der Waals surface area contributed by atoms with Gasteiger partial charge in [-0.05, 0) is 50.5 Å². The molecule has 0 aliphatic heterocycles. The van der Waals surface area contributed by atoms with E-state index in [-0.39, 0.29) is 18.0 Å². The highest BCUT2D eigenvalue weighted by Crippen LogP contribution is 2.19. The molecule has 0 unspecified atom stereocenters. The predicted molar refractivity (Wildman–Crippen MR) is 106 cm³/mol. The minimum atomic E-state index is -0.887. The van der Waals surface area contributed by atoms with Crippen molar-refractivity contribution in [2.45, 2.75) is 38.3 Å². The van der Waals surface area contributed by atoms with Crippen molar-refractivity contribution in [2.75, 3.05) is 20.6 Å². The van der Waals surface area contributed by atoms with E-state index < -0.39 is 11.9 Å². The first-order chi connectivity index (χ1) is 12.7. The van der Waals surface area contributed by atoms with Crippen molar-refractivity contribution in [3.8, 4) is 0 Å². The third-order valence-corrected chi connectivity index (χ3v) is 4.68. The zero-order valence-corrected chi connectivity index (χ0v) is 16.5. The number of aryl methyl sites for hydroxylation is 1. The summed E-state index contributed by atoms with van der Waals surface area (Å²) in [4.78, 5) is 13.5. The lowest BCUT2D eigenvalue weighted by Crippen LogP contribution is -2.42. The quantitative estimate of drug-likeness (QED) is 0.745. The van der Waals surface area contributed by atoms with Crippen molar-refractivity contribution < 1.29 is 14.3 Å². The van der Waals surface area contributed by atoms with Gasteiger partial charge in [0.2, 0.25) is 0 Å². The van der Waals surface area contributed by atoms with Crippen molar-refractivity contribution in [3.63, 3.8) is 0 Å². The monoisotopic (exact) mass is 372 g/mol. The highest BCUT2D eigenvalue weighted by molar-refractivity contribution is 5.93. The van der Waals surface area contributed by atoms with Crippen molar-refractivity contribution >= 4 is 5.91 Å². The van der Waals surface area contributed by atoms with Crippen LogP contribution in [0, 0.1) is 5.82 Å². The Balaban J connectivity index is 1.87. The summed E-state index contributed by atoms with van der Waals surface area (Å²) in [6.45, 7) is 4.40. The Morgan fingerprint density at radius 1 is 1.15 bits per heavy atom. The zero-order chi connectivity index (χ0) is 20.0. The van der Waals surface area contributed by atoms with Crippen LogP contribution in [0.1, 0.15) is 47.9 Å². The number of carbonyl (C=O) groups is 1. The summed E-state index contributed by atoms with van der Waals surface area (Å²) < 4.78 is 13.8. The van der Waals surface area contributed by atoms with Gasteiger partial charge in [0.1, 0.15) is 5.82 Å². The lowest BCUT2D eigenvalue weighted by atomic mass is 9.94. The van der Waals surface area contributed by atoms with E-state index in [4.69, 9.17) is 0 Å². The van der Waals surface area contributed by atoms with Crippen LogP contribution in [0.5, 0.6) is 0 Å². The second kappa shape index (κ2) is 9.11. The van der Waals surface area contributed by atoms with E-state index in [1.54, 1.807) is 37.2 Å². The molecule has 0 heterocycles. The fourth-order valence-corrected chi connectivity index (χ4v) is 2.85. The van der Waals surface area contributed by atoms with Crippen molar-refractivity contribution in [2.24, 2.45) is 0 Å². The second-order valence-electron chi connectivity index (χ2n) is 7.70. The maximum atomic E-state index is 13.8. The molecule has 0 bridgehead atoms. The van der Waals surface area contributed by atoms with Crippen LogP contribution in [0.2, 0.25) is 0 Å². The number of nitrogens with one attached hydrogen (secondary N) is 1. The number of aliphatic hydroxyl groups excluding tert-OH is 1. The number of aliphatic hydroxyl groups is 1. The van der Waals surface area contributed by atoms with Gasteiger partial charge < -0.3 is 15.3 Å². The maximum absolute atomic E-state index is 13.8. The van der Waals surface area contributed by atoms with Gasteiger partial charge in [0.15, 0.2) is 0 Å². The molecule has 1 amide bonds. The van der Waals surface area contributed by atoms with Gasteiger partial charge in [0, 0.05) is 37.3 Å². The van der Waals surface area contributed by atoms with Crippen molar-refractivity contribution in [1.29, 1.82) is 0 Å². The smallest absolute Gasteiger partial charge is 0.253 e. The molecule has 5 heteroatoms. The Bertz CT molecular complexity index is 757. The van der Waals surface area contributed by atoms with Crippen LogP contribution in [0.25, 0.3) is 0 Å². The second-order valence-corrected chi connectivity index (χ2v) is 7.70. The van der Waals surface area contributed by atoms with Crippen LogP contribution in [-0.4, -0.2) is 42.1 Å². The number of rotatable bonds is 8. The SMILES string of the molecule is CN(C)C(=O)c1ccc(CCC(C)(C)NC[C@H](O)c2ccccc2F)cc1. The molecular formula is C22H29FN2O2. The van der Waals surface area contributed by atoms with Gasteiger partial charge in [-0.2, -0.15) is 0 Å². The molecule has 0 spiro atoms. The zero-order valence-electron chi connectivity index (χ0n) is 16.5. The molecule has 0 saturated carbocycles. The normalized spacial score (nSPS) is 12.7. The molecule has 2 rings (SSSR count). The molecule has 0 aliphatic rings. The van der Waals surface area contributed by atoms with Crippen molar-refractivity contribution in [1.82, 2.24) is 10.2 Å². The van der Waals surface area contributed by atoms with Crippen molar-refractivity contribution in [3.05, 3.63) is 71.0 Å². The molecule has 0 radical (unpaired) electrons. The van der Waals surface area contributed by atoms with Gasteiger partial charge in [-0.15, -0.1) is 0 Å². The molecule has 27 heavy (non-hydrogen) atoms. The van der Waals surface area contributed by atoms with E-state index in [1.165, 1.54) is 6.07 Å². The number of benzene rings is 2. The Morgan fingerprint density at radius 2 is 1.78 bits per heavy atom. The Hall–Kier alpha value is -2.24. The average Bonchev–Trinajstić information content (AvgIpc) is 2.65. The molecule has 2 aromatic rings. The fourth-order valence-electron chi connectivity index (χ4n) is 2.85. The maximum Gasteiger partial charge on any atom is 0.253 e. The molecule has 4 nitrogen and oxygen atoms in total. The minimum absolute atomic E-state index is 0.00863. The number of hydrogen-bond acceptors (Lipinski definition) is 3. The number of hydrogen-bond donors (Lipinski definition) is 2. The van der Waals surface area contributed by atoms with Crippen LogP contribution in [0.15, 0.2) is 48.5 Å². The highest BCUT2D eigenvalue weighted by Gasteiger charge is 2.20. The summed E-state index contributed by atoms with van der Waals surface area (Å²) >= 11 is 0. The topological polar surface area (TPSA) is 52.6 Å². The molecule has 0 saturated heterocycles. The standard InChI is InChI=1S/C22H29FN2O2/c1-22(2,24-15-20(26)18-7-5-6-8-19(18)23)14-13-16-9-11-17(12-10-16)21(27)25(3)4/h5-12,20,24,26H,13-15H2,1-4H3/t20-/m0/s1. The summed E-state index contributed by atoms with van der Waals surface area (Å²) in [6, 6.07) is 13.9. The van der Waals surface area contributed by atoms with E-state index in [9.17, 15) is 14.3 Å². The van der Waals surface area contributed by atoms with Gasteiger partial charge in [-0.25, -0.2) is 4.39 Å². The molecule has 2 N–H and O–H groups in total. The molecule has 2 aromatic carbocycles. The van der Waals surface area contributed by atoms with Gasteiger partial charge in [-0.1, -0.05) is 30.3 Å². The summed E-state index contributed by atoms with van der Waals surface area (Å²) in [5.41, 5.74) is 1.91. The summed E-state index contributed by atoms with van der Waals surface area (Å²) in [6.07, 6.45) is 0.797. The molecule has 0 aromatic heterocycles. The number of β-amino-alcohol motifs (C(OH)–C–C–N with tert-alkyl or cyclic N) is 1. The average molecular weight is 372 g/mol. The van der Waals surface area contributed by atoms with E-state index in [0.717, 1.165) is 18.4 Å². The molecule has 146 valence electrons. The van der Waals surface area contributed by atoms with Crippen LogP contribution >= 0.6 is 0 Å². The van der Waals surface area contributed by atoms with E-state index in [0.29, 0.717) is 11.1 Å². The Labute approximate surface area is 161 Å². The first-order valence-corrected chi connectivity index (χ1v) is 9.18. The van der Waals surface area contributed by atoms with Gasteiger partial charge in [0.25, 0.3) is 5.91 Å². The van der Waals surface area contributed by atoms with Crippen LogP contribution in [-0.2, 0) is 6.42 Å². The lowest BCUT2D eigenvalue weighted by Gasteiger charge is -2.28. The molecular weight excluding hydrogens is 343 g/mol. The number of carbonyl (C=O) groups excluding carboxylic acids is 1. The molecule has 0 aliphatic carbocycles. The van der Waals surface area contributed by atoms with Crippen LogP contribution in [0.3, 0.4) is 0 Å². The number of nitrogens with zero attached hydrogens (tertiary/aromatic N) is 1. The lowest BCUT2D eigenvalue weighted by molar-refractivity contribution is 0.0827. The van der Waals surface area contributed by atoms with Crippen LogP contribution < -0.4 is 5.32 Å². The number of amides is 1. The highest BCUT2D eigenvalue weighted by atomic mass is 19.1. The Morgan fingerprint density at radius 3 is 2.37 bits per heavy atom. The van der Waals surface area contributed by atoms with E-state index in [2.05, 4.69) is 19.2 Å². The third kappa shape index (κ3) is 6.15. The summed E-state index contributed by atoms with van der Waals surface area (Å²) in [5, 5.41) is 13.6. The van der Waals surface area contributed by atoms with E-state index in [1.807, 2.05) is 24.3 Å². The minimum Gasteiger partial charge on any atom is -0.387 e. The first-order valence-electron chi connectivity index (χ1n) is 9.18. The van der Waals surface area contributed by atoms with Gasteiger partial charge in [-0.3, -0.25) is 4.79 Å². The molecule has 0 fully saturated rings. The largest absolute Gasteiger partial charge is 0.387 e. The van der Waals surface area contributed by atoms with Crippen LogP contribution in [0.4, 0.5) is 4.39 Å². The van der Waals surface area contributed by atoms with E-state index >= 15 is 0 Å².